The Balaban J connectivity index is 1.16. The Morgan fingerprint density at radius 3 is 2.71 bits per heavy atom. The predicted octanol–water partition coefficient (Wildman–Crippen LogP) is 3.55. The highest BCUT2D eigenvalue weighted by Gasteiger charge is 2.25. The lowest BCUT2D eigenvalue weighted by molar-refractivity contribution is 0.122. The number of ether oxygens (including phenoxy) is 3. The lowest BCUT2D eigenvalue weighted by atomic mass is 9.93. The standard InChI is InChI=1S/C25H29N7O3/c1-33-25-30-23-19(6-7-28-23)24(31-25)29-16-2-4-18(5-3-16)35-21-15-17(32-10-12-34-13-11-32)14-20-22(21)27-9-8-26-20/h6-9,14-16,18H,2-5,10-13H2,1H3,(H2,28,29,30,31)/t16-,18+. The highest BCUT2D eigenvalue weighted by molar-refractivity contribution is 5.87. The number of hydrogen-bond acceptors (Lipinski definition) is 9. The van der Waals surface area contributed by atoms with Crippen molar-refractivity contribution >= 4 is 33.6 Å². The molecule has 1 saturated carbocycles. The number of fused-ring (bicyclic) bond motifs is 2. The van der Waals surface area contributed by atoms with E-state index >= 15 is 0 Å². The lowest BCUT2D eigenvalue weighted by Gasteiger charge is -2.31. The quantitative estimate of drug-likeness (QED) is 0.432. The first kappa shape index (κ1) is 21.8. The Hall–Kier alpha value is -3.66. The number of aromatic amines is 1. The SMILES string of the molecule is COc1nc(N[C@H]2CC[C@@H](Oc3cc(N4CCOCC4)cc4nccnc34)CC2)c2cc[nH]c2n1. The topological polar surface area (TPSA) is 110 Å². The van der Waals surface area contributed by atoms with Crippen LogP contribution in [0.4, 0.5) is 11.5 Å². The largest absolute Gasteiger partial charge is 0.488 e. The molecule has 0 atom stereocenters. The van der Waals surface area contributed by atoms with Crippen LogP contribution in [-0.2, 0) is 4.74 Å². The molecule has 10 nitrogen and oxygen atoms in total. The zero-order valence-corrected chi connectivity index (χ0v) is 19.7. The van der Waals surface area contributed by atoms with Crippen molar-refractivity contribution in [1.82, 2.24) is 24.9 Å². The van der Waals surface area contributed by atoms with E-state index in [-0.39, 0.29) is 6.10 Å². The van der Waals surface area contributed by atoms with Crippen molar-refractivity contribution in [3.8, 4) is 11.8 Å². The number of H-pyrrole nitrogens is 1. The summed E-state index contributed by atoms with van der Waals surface area (Å²) < 4.78 is 17.3. The fourth-order valence-electron chi connectivity index (χ4n) is 4.94. The first-order valence-corrected chi connectivity index (χ1v) is 12.2. The molecule has 35 heavy (non-hydrogen) atoms. The number of morpholine rings is 1. The number of benzene rings is 1. The Kier molecular flexibility index (Phi) is 5.95. The number of nitrogens with zero attached hydrogens (tertiary/aromatic N) is 5. The predicted molar refractivity (Wildman–Crippen MR) is 133 cm³/mol. The van der Waals surface area contributed by atoms with Crippen LogP contribution < -0.4 is 19.7 Å². The highest BCUT2D eigenvalue weighted by Crippen LogP contribution is 2.34. The van der Waals surface area contributed by atoms with Crippen molar-refractivity contribution in [2.45, 2.75) is 37.8 Å². The van der Waals surface area contributed by atoms with Crippen LogP contribution in [0.3, 0.4) is 0 Å². The Bertz CT molecular complexity index is 1310. The lowest BCUT2D eigenvalue weighted by Crippen LogP contribution is -2.36. The molecular weight excluding hydrogens is 446 g/mol. The minimum atomic E-state index is 0.130. The van der Waals surface area contributed by atoms with Crippen molar-refractivity contribution in [2.24, 2.45) is 0 Å². The van der Waals surface area contributed by atoms with Gasteiger partial charge in [0, 0.05) is 49.5 Å². The maximum Gasteiger partial charge on any atom is 0.320 e. The molecule has 1 saturated heterocycles. The average molecular weight is 476 g/mol. The van der Waals surface area contributed by atoms with Gasteiger partial charge < -0.3 is 29.4 Å². The molecule has 6 rings (SSSR count). The monoisotopic (exact) mass is 475 g/mol. The zero-order valence-electron chi connectivity index (χ0n) is 19.7. The molecule has 3 aromatic heterocycles. The maximum atomic E-state index is 6.55. The van der Waals surface area contributed by atoms with Crippen LogP contribution in [0.1, 0.15) is 25.7 Å². The summed E-state index contributed by atoms with van der Waals surface area (Å²) in [6.07, 6.45) is 9.31. The van der Waals surface area contributed by atoms with E-state index in [0.29, 0.717) is 12.1 Å². The second kappa shape index (κ2) is 9.53. The van der Waals surface area contributed by atoms with Crippen molar-refractivity contribution in [1.29, 1.82) is 0 Å². The summed E-state index contributed by atoms with van der Waals surface area (Å²) in [5.41, 5.74) is 3.55. The van der Waals surface area contributed by atoms with Gasteiger partial charge in [-0.15, -0.1) is 0 Å². The first-order chi connectivity index (χ1) is 17.3. The van der Waals surface area contributed by atoms with Gasteiger partial charge in [0.2, 0.25) is 0 Å². The number of aromatic nitrogens is 5. The Labute approximate surface area is 203 Å². The summed E-state index contributed by atoms with van der Waals surface area (Å²) in [5.74, 6) is 1.61. The maximum absolute atomic E-state index is 6.55. The zero-order chi connectivity index (χ0) is 23.6. The van der Waals surface area contributed by atoms with Crippen LogP contribution in [0.2, 0.25) is 0 Å². The molecule has 0 radical (unpaired) electrons. The summed E-state index contributed by atoms with van der Waals surface area (Å²) in [5, 5.41) is 4.57. The van der Waals surface area contributed by atoms with E-state index in [4.69, 9.17) is 14.2 Å². The number of anilines is 2. The smallest absolute Gasteiger partial charge is 0.320 e. The molecule has 4 aromatic rings. The third kappa shape index (κ3) is 4.53. The molecule has 0 spiro atoms. The number of hydrogen-bond donors (Lipinski definition) is 2. The first-order valence-electron chi connectivity index (χ1n) is 12.2. The summed E-state index contributed by atoms with van der Waals surface area (Å²) >= 11 is 0. The second-order valence-electron chi connectivity index (χ2n) is 9.00. The van der Waals surface area contributed by atoms with Crippen LogP contribution >= 0.6 is 0 Å². The molecular formula is C25H29N7O3. The van der Waals surface area contributed by atoms with Crippen molar-refractivity contribution < 1.29 is 14.2 Å². The van der Waals surface area contributed by atoms with E-state index in [1.165, 1.54) is 0 Å². The normalized spacial score (nSPS) is 20.8. The van der Waals surface area contributed by atoms with Gasteiger partial charge in [-0.25, -0.2) is 4.98 Å². The van der Waals surface area contributed by atoms with Gasteiger partial charge in [-0.1, -0.05) is 0 Å². The van der Waals surface area contributed by atoms with Crippen molar-refractivity contribution in [3.05, 3.63) is 36.8 Å². The molecule has 182 valence electrons. The number of nitrogens with one attached hydrogen (secondary N) is 2. The van der Waals surface area contributed by atoms with Gasteiger partial charge in [0.05, 0.1) is 37.3 Å². The molecule has 1 aromatic carbocycles. The molecule has 1 aliphatic heterocycles. The minimum Gasteiger partial charge on any atom is -0.488 e. The van der Waals surface area contributed by atoms with E-state index in [9.17, 15) is 0 Å². The van der Waals surface area contributed by atoms with Crippen LogP contribution in [0.15, 0.2) is 36.8 Å². The third-order valence-corrected chi connectivity index (χ3v) is 6.79. The van der Waals surface area contributed by atoms with E-state index in [1.54, 1.807) is 19.5 Å². The van der Waals surface area contributed by atoms with E-state index < -0.39 is 0 Å². The third-order valence-electron chi connectivity index (χ3n) is 6.79. The van der Waals surface area contributed by atoms with Crippen LogP contribution in [0.5, 0.6) is 11.8 Å². The molecule has 2 N–H and O–H groups in total. The fraction of sp³-hybridized carbons (Fsp3) is 0.440. The van der Waals surface area contributed by atoms with Crippen LogP contribution in [-0.4, -0.2) is 70.5 Å². The number of methoxy groups -OCH3 is 1. The molecule has 2 aliphatic rings. The van der Waals surface area contributed by atoms with E-state index in [1.807, 2.05) is 12.3 Å². The molecule has 2 fully saturated rings. The van der Waals surface area contributed by atoms with Crippen molar-refractivity contribution in [3.63, 3.8) is 0 Å². The summed E-state index contributed by atoms with van der Waals surface area (Å²) in [6, 6.07) is 6.86. The molecule has 0 unspecified atom stereocenters. The van der Waals surface area contributed by atoms with Gasteiger partial charge in [0.15, 0.2) is 0 Å². The van der Waals surface area contributed by atoms with Gasteiger partial charge in [-0.3, -0.25) is 4.98 Å². The van der Waals surface area contributed by atoms with E-state index in [2.05, 4.69) is 47.3 Å². The van der Waals surface area contributed by atoms with Crippen LogP contribution in [0, 0.1) is 0 Å². The Morgan fingerprint density at radius 2 is 1.89 bits per heavy atom. The number of rotatable bonds is 6. The average Bonchev–Trinajstić information content (AvgIpc) is 3.39. The molecule has 4 heterocycles. The summed E-state index contributed by atoms with van der Waals surface area (Å²) in [4.78, 5) is 23.5. The summed E-state index contributed by atoms with van der Waals surface area (Å²) in [7, 11) is 1.58. The second-order valence-corrected chi connectivity index (χ2v) is 9.00. The molecule has 0 amide bonds. The van der Waals surface area contributed by atoms with Crippen molar-refractivity contribution in [2.75, 3.05) is 43.6 Å². The van der Waals surface area contributed by atoms with Gasteiger partial charge in [-0.05, 0) is 37.8 Å². The van der Waals surface area contributed by atoms with Gasteiger partial charge >= 0.3 is 6.01 Å². The van der Waals surface area contributed by atoms with Gasteiger partial charge in [-0.2, -0.15) is 9.97 Å². The minimum absolute atomic E-state index is 0.130. The summed E-state index contributed by atoms with van der Waals surface area (Å²) in [6.45, 7) is 3.20. The molecule has 10 heteroatoms. The fourth-order valence-corrected chi connectivity index (χ4v) is 4.94. The molecule has 0 bridgehead atoms. The van der Waals surface area contributed by atoms with Gasteiger partial charge in [0.1, 0.15) is 22.7 Å². The van der Waals surface area contributed by atoms with Crippen LogP contribution in [0.25, 0.3) is 22.1 Å². The Morgan fingerprint density at radius 1 is 1.06 bits per heavy atom. The van der Waals surface area contributed by atoms with E-state index in [0.717, 1.165) is 91.3 Å². The van der Waals surface area contributed by atoms with Gasteiger partial charge in [0.25, 0.3) is 0 Å². The molecule has 1 aliphatic carbocycles. The highest BCUT2D eigenvalue weighted by atomic mass is 16.5.